The summed E-state index contributed by atoms with van der Waals surface area (Å²) in [5.74, 6) is 2.20. The second-order valence-corrected chi connectivity index (χ2v) is 5.59. The number of aliphatic hydroxyl groups is 1. The fourth-order valence-corrected chi connectivity index (χ4v) is 2.37. The highest BCUT2D eigenvalue weighted by atomic mass is 16.5. The summed E-state index contributed by atoms with van der Waals surface area (Å²) in [4.78, 5) is 8.74. The Morgan fingerprint density at radius 1 is 0.920 bits per heavy atom. The molecule has 0 atom stereocenters. The third-order valence-electron chi connectivity index (χ3n) is 3.72. The van der Waals surface area contributed by atoms with E-state index in [0.29, 0.717) is 5.82 Å². The molecule has 2 rings (SSSR count). The van der Waals surface area contributed by atoms with E-state index in [4.69, 9.17) is 14.6 Å². The lowest BCUT2D eigenvalue weighted by Crippen LogP contribution is -1.99. The van der Waals surface area contributed by atoms with Crippen molar-refractivity contribution in [3.63, 3.8) is 0 Å². The molecule has 25 heavy (non-hydrogen) atoms. The average molecular weight is 346 g/mol. The highest BCUT2D eigenvalue weighted by Gasteiger charge is 2.03. The van der Waals surface area contributed by atoms with Gasteiger partial charge in [-0.1, -0.05) is 51.2 Å². The summed E-state index contributed by atoms with van der Waals surface area (Å²) in [6.45, 7) is 2.96. The predicted octanol–water partition coefficient (Wildman–Crippen LogP) is 4.50. The second kappa shape index (κ2) is 13.2. The van der Waals surface area contributed by atoms with Crippen LogP contribution in [0.1, 0.15) is 45.4 Å². The summed E-state index contributed by atoms with van der Waals surface area (Å²) in [5, 5.41) is 7.00. The van der Waals surface area contributed by atoms with Crippen molar-refractivity contribution < 1.29 is 14.6 Å². The molecule has 0 unspecified atom stereocenters. The zero-order valence-corrected chi connectivity index (χ0v) is 15.6. The van der Waals surface area contributed by atoms with Crippen LogP contribution in [0.2, 0.25) is 0 Å². The number of rotatable bonds is 10. The molecule has 1 N–H and O–H groups in total. The molecule has 2 aromatic rings. The first-order valence-corrected chi connectivity index (χ1v) is 8.87. The molecule has 0 saturated carbocycles. The third kappa shape index (κ3) is 7.98. The molecular formula is C20H30N2O3. The summed E-state index contributed by atoms with van der Waals surface area (Å²) in [5.41, 5.74) is 0.937. The second-order valence-electron chi connectivity index (χ2n) is 5.59. The lowest BCUT2D eigenvalue weighted by Gasteiger charge is -2.07. The molecule has 0 fully saturated rings. The molecule has 0 aliphatic rings. The van der Waals surface area contributed by atoms with Crippen molar-refractivity contribution in [1.29, 1.82) is 0 Å². The van der Waals surface area contributed by atoms with E-state index < -0.39 is 0 Å². The molecular weight excluding hydrogens is 316 g/mol. The molecule has 1 aromatic heterocycles. The SMILES string of the molecule is CCCCCCCCOc1cnc(-c2cccc(OC)c2)nc1.CO. The van der Waals surface area contributed by atoms with Crippen LogP contribution in [0.3, 0.4) is 0 Å². The molecule has 1 heterocycles. The molecule has 5 nitrogen and oxygen atoms in total. The molecule has 0 spiro atoms. The summed E-state index contributed by atoms with van der Waals surface area (Å²) >= 11 is 0. The van der Waals surface area contributed by atoms with Gasteiger partial charge in [-0.15, -0.1) is 0 Å². The van der Waals surface area contributed by atoms with Gasteiger partial charge in [-0.2, -0.15) is 0 Å². The van der Waals surface area contributed by atoms with Crippen LogP contribution in [0.4, 0.5) is 0 Å². The van der Waals surface area contributed by atoms with Crippen LogP contribution in [0.25, 0.3) is 11.4 Å². The highest BCUT2D eigenvalue weighted by molar-refractivity contribution is 5.57. The smallest absolute Gasteiger partial charge is 0.159 e. The van der Waals surface area contributed by atoms with Gasteiger partial charge in [-0.3, -0.25) is 0 Å². The largest absolute Gasteiger partial charge is 0.497 e. The maximum Gasteiger partial charge on any atom is 0.159 e. The Labute approximate surface area is 151 Å². The minimum absolute atomic E-state index is 0.677. The van der Waals surface area contributed by atoms with Gasteiger partial charge in [0.05, 0.1) is 26.1 Å². The van der Waals surface area contributed by atoms with Crippen LogP contribution in [-0.2, 0) is 0 Å². The minimum Gasteiger partial charge on any atom is -0.497 e. The first-order chi connectivity index (χ1) is 12.3. The van der Waals surface area contributed by atoms with Gasteiger partial charge >= 0.3 is 0 Å². The zero-order valence-electron chi connectivity index (χ0n) is 15.6. The van der Waals surface area contributed by atoms with Gasteiger partial charge in [0.15, 0.2) is 11.6 Å². The van der Waals surface area contributed by atoms with Gasteiger partial charge in [0.1, 0.15) is 5.75 Å². The lowest BCUT2D eigenvalue weighted by atomic mass is 10.1. The van der Waals surface area contributed by atoms with E-state index in [1.54, 1.807) is 19.5 Å². The van der Waals surface area contributed by atoms with Gasteiger partial charge in [0.2, 0.25) is 0 Å². The standard InChI is InChI=1S/C19H26N2O2.CH4O/c1-3-4-5-6-7-8-12-23-18-14-20-19(21-15-18)16-10-9-11-17(13-16)22-2;1-2/h9-11,13-15H,3-8,12H2,1-2H3;2H,1H3. The van der Waals surface area contributed by atoms with Crippen molar-refractivity contribution in [3.8, 4) is 22.9 Å². The number of hydrogen-bond donors (Lipinski definition) is 1. The van der Waals surface area contributed by atoms with Crippen LogP contribution in [0, 0.1) is 0 Å². The van der Waals surface area contributed by atoms with Crippen LogP contribution in [0.5, 0.6) is 11.5 Å². The Morgan fingerprint density at radius 2 is 1.60 bits per heavy atom. The Hall–Kier alpha value is -2.14. The van der Waals surface area contributed by atoms with E-state index in [0.717, 1.165) is 37.2 Å². The van der Waals surface area contributed by atoms with Crippen LogP contribution < -0.4 is 9.47 Å². The first-order valence-electron chi connectivity index (χ1n) is 8.87. The maximum absolute atomic E-state index is 7.00. The van der Waals surface area contributed by atoms with Crippen LogP contribution in [0.15, 0.2) is 36.7 Å². The number of unbranched alkanes of at least 4 members (excludes halogenated alkanes) is 5. The number of aromatic nitrogens is 2. The number of aliphatic hydroxyl groups excluding tert-OH is 1. The van der Waals surface area contributed by atoms with Gasteiger partial charge in [-0.05, 0) is 18.6 Å². The van der Waals surface area contributed by atoms with E-state index >= 15 is 0 Å². The predicted molar refractivity (Wildman–Crippen MR) is 101 cm³/mol. The van der Waals surface area contributed by atoms with E-state index in [2.05, 4.69) is 16.9 Å². The van der Waals surface area contributed by atoms with Crippen molar-refractivity contribution in [2.24, 2.45) is 0 Å². The Balaban J connectivity index is 0.00000151. The molecule has 0 bridgehead atoms. The Morgan fingerprint density at radius 3 is 2.28 bits per heavy atom. The van der Waals surface area contributed by atoms with E-state index in [1.807, 2.05) is 24.3 Å². The minimum atomic E-state index is 0.677. The number of nitrogens with zero attached hydrogens (tertiary/aromatic N) is 2. The molecule has 138 valence electrons. The van der Waals surface area contributed by atoms with Gasteiger partial charge in [0, 0.05) is 12.7 Å². The quantitative estimate of drug-likeness (QED) is 0.642. The molecule has 0 radical (unpaired) electrons. The van der Waals surface area contributed by atoms with Crippen molar-refractivity contribution in [1.82, 2.24) is 9.97 Å². The van der Waals surface area contributed by atoms with E-state index in [1.165, 1.54) is 32.1 Å². The van der Waals surface area contributed by atoms with E-state index in [-0.39, 0.29) is 0 Å². The van der Waals surface area contributed by atoms with Crippen molar-refractivity contribution >= 4 is 0 Å². The van der Waals surface area contributed by atoms with Crippen LogP contribution >= 0.6 is 0 Å². The topological polar surface area (TPSA) is 64.5 Å². The van der Waals surface area contributed by atoms with Crippen molar-refractivity contribution in [3.05, 3.63) is 36.7 Å². The summed E-state index contributed by atoms with van der Waals surface area (Å²) in [6, 6.07) is 7.73. The summed E-state index contributed by atoms with van der Waals surface area (Å²) in [6.07, 6.45) is 11.0. The lowest BCUT2D eigenvalue weighted by molar-refractivity contribution is 0.302. The fourth-order valence-electron chi connectivity index (χ4n) is 2.37. The van der Waals surface area contributed by atoms with Crippen molar-refractivity contribution in [2.75, 3.05) is 20.8 Å². The van der Waals surface area contributed by atoms with Crippen LogP contribution in [-0.4, -0.2) is 35.9 Å². The van der Waals surface area contributed by atoms with Gasteiger partial charge in [0.25, 0.3) is 0 Å². The monoisotopic (exact) mass is 346 g/mol. The third-order valence-corrected chi connectivity index (χ3v) is 3.72. The highest BCUT2D eigenvalue weighted by Crippen LogP contribution is 2.21. The van der Waals surface area contributed by atoms with Gasteiger partial charge < -0.3 is 14.6 Å². The maximum atomic E-state index is 7.00. The van der Waals surface area contributed by atoms with Gasteiger partial charge in [-0.25, -0.2) is 9.97 Å². The molecule has 5 heteroatoms. The molecule has 0 aliphatic carbocycles. The zero-order chi connectivity index (χ0) is 18.3. The Kier molecular flexibility index (Phi) is 11.0. The molecule has 0 aliphatic heterocycles. The number of hydrogen-bond acceptors (Lipinski definition) is 5. The first kappa shape index (κ1) is 20.9. The number of benzene rings is 1. The fraction of sp³-hybridized carbons (Fsp3) is 0.500. The average Bonchev–Trinajstić information content (AvgIpc) is 2.69. The summed E-state index contributed by atoms with van der Waals surface area (Å²) < 4.78 is 10.9. The molecule has 1 aromatic carbocycles. The van der Waals surface area contributed by atoms with Crippen molar-refractivity contribution in [2.45, 2.75) is 45.4 Å². The Bertz CT molecular complexity index is 573. The molecule has 0 saturated heterocycles. The normalized spacial score (nSPS) is 9.92. The summed E-state index contributed by atoms with van der Waals surface area (Å²) in [7, 11) is 2.65. The number of methoxy groups -OCH3 is 1. The van der Waals surface area contributed by atoms with E-state index in [9.17, 15) is 0 Å². The molecule has 0 amide bonds. The number of ether oxygens (including phenoxy) is 2.